The molecule has 5 rings (SSSR count). The maximum absolute atomic E-state index is 13.4. The van der Waals surface area contributed by atoms with Crippen LogP contribution in [0.15, 0.2) is 23.4 Å². The summed E-state index contributed by atoms with van der Waals surface area (Å²) < 4.78 is 32.8. The number of hydrogen-bond donors (Lipinski definition) is 3. The summed E-state index contributed by atoms with van der Waals surface area (Å²) in [6.45, 7) is 8.82. The molecule has 46 heavy (non-hydrogen) atoms. The average Bonchev–Trinajstić information content (AvgIpc) is 4.00. The lowest BCUT2D eigenvalue weighted by Crippen LogP contribution is -2.44. The number of imidazole rings is 1. The summed E-state index contributed by atoms with van der Waals surface area (Å²) in [4.78, 5) is 21.6. The van der Waals surface area contributed by atoms with Gasteiger partial charge in [0.15, 0.2) is 5.65 Å². The fourth-order valence-electron chi connectivity index (χ4n) is 4.18. The number of likely N-dealkylation sites (N-methyl/N-ethyl adjacent to an activating group) is 2. The van der Waals surface area contributed by atoms with E-state index in [1.165, 1.54) is 23.3 Å². The highest BCUT2D eigenvalue weighted by Crippen LogP contribution is 2.49. The molecule has 2 aromatic heterocycles. The molecule has 1 aliphatic heterocycles. The molecule has 256 valence electrons. The number of anilines is 1. The van der Waals surface area contributed by atoms with Crippen LogP contribution in [0.3, 0.4) is 0 Å². The minimum Gasteiger partial charge on any atom is -0.383 e. The summed E-state index contributed by atoms with van der Waals surface area (Å²) in [5.74, 6) is 0. The standard InChI is InChI=1S/C22H27FN8S2.C5H11NO2.C3H8.CH3F/c1-29-6-8-30(9-7-29)16-10-15(33-28-22(13-23)4-5-22)12-31-17(11-27-19(16)31)18(25)32-20(26)21(14-24)2-3-21;1-6(5-7)3-4-8-2;1-3-2;1-2/h10-12,25-26,28H,2-9,13H2,1H3;5H,3-4H2,1-2H3;3H2,1-2H3;1H3. The third kappa shape index (κ3) is 10.9. The number of nitrogens with one attached hydrogen (secondary N) is 3. The van der Waals surface area contributed by atoms with Gasteiger partial charge in [0.25, 0.3) is 0 Å². The van der Waals surface area contributed by atoms with Gasteiger partial charge in [-0.05, 0) is 50.7 Å². The van der Waals surface area contributed by atoms with Crippen molar-refractivity contribution in [3.05, 3.63) is 24.2 Å². The number of carbonyl (C=O) groups is 1. The van der Waals surface area contributed by atoms with Gasteiger partial charge in [0.2, 0.25) is 6.41 Å². The van der Waals surface area contributed by atoms with Crippen molar-refractivity contribution in [1.82, 2.24) is 23.9 Å². The van der Waals surface area contributed by atoms with E-state index < -0.39 is 11.0 Å². The number of nitriles is 1. The SMILES string of the molecule is CCC.CF.CN1CCN(c2cc(SNC3(CF)CC3)cn3c(C(=N)SC(=N)C4(C#N)CC4)cnc23)CC1.COCCN(C)C=O. The van der Waals surface area contributed by atoms with E-state index >= 15 is 0 Å². The van der Waals surface area contributed by atoms with Gasteiger partial charge >= 0.3 is 0 Å². The van der Waals surface area contributed by atoms with Crippen LogP contribution in [0.2, 0.25) is 0 Å². The second-order valence-corrected chi connectivity index (χ2v) is 13.4. The van der Waals surface area contributed by atoms with Gasteiger partial charge < -0.3 is 19.4 Å². The Morgan fingerprint density at radius 2 is 1.85 bits per heavy atom. The van der Waals surface area contributed by atoms with Crippen molar-refractivity contribution in [2.24, 2.45) is 5.41 Å². The van der Waals surface area contributed by atoms with Crippen molar-refractivity contribution in [3.8, 4) is 6.07 Å². The number of halogens is 2. The molecule has 0 unspecified atom stereocenters. The van der Waals surface area contributed by atoms with E-state index in [1.54, 1.807) is 20.4 Å². The normalized spacial score (nSPS) is 17.2. The van der Waals surface area contributed by atoms with Gasteiger partial charge in [-0.2, -0.15) is 5.26 Å². The summed E-state index contributed by atoms with van der Waals surface area (Å²) in [7, 11) is 5.94. The Bertz CT molecular complexity index is 1320. The number of piperazine rings is 1. The number of fused-ring (bicyclic) bond motifs is 1. The number of ether oxygens (including phenoxy) is 1. The summed E-state index contributed by atoms with van der Waals surface area (Å²) >= 11 is 2.46. The van der Waals surface area contributed by atoms with Crippen LogP contribution < -0.4 is 9.62 Å². The first-order valence-corrected chi connectivity index (χ1v) is 17.0. The third-order valence-electron chi connectivity index (χ3n) is 7.56. The Morgan fingerprint density at radius 1 is 1.22 bits per heavy atom. The van der Waals surface area contributed by atoms with Crippen LogP contribution in [0.4, 0.5) is 14.5 Å². The third-order valence-corrected chi connectivity index (χ3v) is 9.57. The minimum atomic E-state index is -0.710. The fraction of sp³-hybridized carbons (Fsp3) is 0.645. The van der Waals surface area contributed by atoms with E-state index in [2.05, 4.69) is 52.5 Å². The number of carbonyl (C=O) groups excluding carboxylic acids is 1. The monoisotopic (exact) mass is 681 g/mol. The molecule has 2 saturated carbocycles. The first kappa shape index (κ1) is 39.4. The second kappa shape index (κ2) is 19.1. The lowest BCUT2D eigenvalue weighted by atomic mass is 10.2. The van der Waals surface area contributed by atoms with Gasteiger partial charge in [-0.1, -0.05) is 32.0 Å². The lowest BCUT2D eigenvalue weighted by Gasteiger charge is -2.34. The molecular formula is C31H49F2N9O2S2. The van der Waals surface area contributed by atoms with Gasteiger partial charge in [-0.3, -0.25) is 29.1 Å². The molecular weight excluding hydrogens is 633 g/mol. The zero-order chi connectivity index (χ0) is 34.3. The Kier molecular flexibility index (Phi) is 16.4. The van der Waals surface area contributed by atoms with Crippen LogP contribution in [-0.2, 0) is 9.53 Å². The number of methoxy groups -OCH3 is 1. The van der Waals surface area contributed by atoms with Crippen LogP contribution in [0.1, 0.15) is 51.6 Å². The number of rotatable bonds is 11. The van der Waals surface area contributed by atoms with Crippen molar-refractivity contribution in [3.63, 3.8) is 0 Å². The topological polar surface area (TPSA) is 137 Å². The first-order valence-electron chi connectivity index (χ1n) is 15.3. The molecule has 3 heterocycles. The fourth-order valence-corrected chi connectivity index (χ4v) is 6.01. The number of pyridine rings is 1. The highest BCUT2D eigenvalue weighted by atomic mass is 32.2. The largest absolute Gasteiger partial charge is 0.383 e. The molecule has 3 N–H and O–H groups in total. The van der Waals surface area contributed by atoms with Gasteiger partial charge in [0.1, 0.15) is 17.1 Å². The van der Waals surface area contributed by atoms with Crippen LogP contribution in [0.5, 0.6) is 0 Å². The Labute approximate surface area is 280 Å². The number of aromatic nitrogens is 2. The van der Waals surface area contributed by atoms with Crippen molar-refractivity contribution >= 4 is 51.5 Å². The van der Waals surface area contributed by atoms with Gasteiger partial charge in [-0.15, -0.1) is 0 Å². The molecule has 11 nitrogen and oxygen atoms in total. The number of hydrogen-bond acceptors (Lipinski definition) is 11. The predicted octanol–water partition coefficient (Wildman–Crippen LogP) is 5.25. The van der Waals surface area contributed by atoms with E-state index in [0.29, 0.717) is 38.9 Å². The number of amides is 1. The van der Waals surface area contributed by atoms with Gasteiger partial charge in [0.05, 0.1) is 48.0 Å². The Balaban J connectivity index is 0.000000486. The summed E-state index contributed by atoms with van der Waals surface area (Å²) in [6, 6.07) is 4.32. The van der Waals surface area contributed by atoms with E-state index in [9.17, 15) is 18.8 Å². The zero-order valence-electron chi connectivity index (χ0n) is 27.9. The summed E-state index contributed by atoms with van der Waals surface area (Å²) in [5.41, 5.74) is 1.23. The van der Waals surface area contributed by atoms with E-state index in [-0.39, 0.29) is 16.8 Å². The molecule has 0 aromatic carbocycles. The average molecular weight is 682 g/mol. The quantitative estimate of drug-likeness (QED) is 0.126. The Morgan fingerprint density at radius 3 is 2.35 bits per heavy atom. The van der Waals surface area contributed by atoms with Crippen LogP contribution >= 0.6 is 23.7 Å². The van der Waals surface area contributed by atoms with Crippen LogP contribution in [0.25, 0.3) is 5.65 Å². The molecule has 2 aliphatic carbocycles. The summed E-state index contributed by atoms with van der Waals surface area (Å²) in [6.07, 6.45) is 8.68. The molecule has 1 amide bonds. The first-order chi connectivity index (χ1) is 22.1. The van der Waals surface area contributed by atoms with Crippen molar-refractivity contribution in [2.45, 2.75) is 56.4 Å². The minimum absolute atomic E-state index is 0.205. The molecule has 3 aliphatic rings. The van der Waals surface area contributed by atoms with E-state index in [4.69, 9.17) is 15.6 Å². The van der Waals surface area contributed by atoms with Gasteiger partial charge in [-0.25, -0.2) is 9.37 Å². The number of nitrogens with zero attached hydrogens (tertiary/aromatic N) is 6. The lowest BCUT2D eigenvalue weighted by molar-refractivity contribution is -0.117. The molecule has 0 bridgehead atoms. The van der Waals surface area contributed by atoms with Crippen molar-refractivity contribution in [1.29, 1.82) is 16.1 Å². The molecule has 2 aromatic rings. The molecule has 0 atom stereocenters. The highest BCUT2D eigenvalue weighted by Gasteiger charge is 2.48. The molecule has 0 radical (unpaired) electrons. The second-order valence-electron chi connectivity index (χ2n) is 11.5. The van der Waals surface area contributed by atoms with E-state index in [1.807, 2.05) is 10.6 Å². The van der Waals surface area contributed by atoms with Gasteiger partial charge in [0, 0.05) is 58.0 Å². The van der Waals surface area contributed by atoms with E-state index in [0.717, 1.165) is 73.4 Å². The molecule has 0 spiro atoms. The molecule has 1 saturated heterocycles. The molecule has 3 fully saturated rings. The number of alkyl halides is 2. The van der Waals surface area contributed by atoms with Crippen molar-refractivity contribution in [2.75, 3.05) is 79.3 Å². The predicted molar refractivity (Wildman–Crippen MR) is 185 cm³/mol. The summed E-state index contributed by atoms with van der Waals surface area (Å²) in [5, 5.41) is 26.8. The van der Waals surface area contributed by atoms with Crippen molar-refractivity contribution < 1.29 is 18.3 Å². The number of thioether (sulfide) groups is 1. The van der Waals surface area contributed by atoms with Crippen LogP contribution in [0, 0.1) is 27.6 Å². The zero-order valence-corrected chi connectivity index (χ0v) is 29.5. The molecule has 15 heteroatoms. The highest BCUT2D eigenvalue weighted by molar-refractivity contribution is 8.26. The smallest absolute Gasteiger partial charge is 0.209 e. The van der Waals surface area contributed by atoms with Crippen LogP contribution in [-0.4, -0.2) is 116 Å². The Hall–Kier alpha value is -2.77. The maximum Gasteiger partial charge on any atom is 0.209 e. The maximum atomic E-state index is 13.4.